The van der Waals surface area contributed by atoms with E-state index in [2.05, 4.69) is 66.4 Å². The predicted octanol–water partition coefficient (Wildman–Crippen LogP) is 3.66. The molecule has 0 aliphatic carbocycles. The highest BCUT2D eigenvalue weighted by Crippen LogP contribution is 2.25. The second-order valence-corrected chi connectivity index (χ2v) is 6.57. The Hall–Kier alpha value is -1.65. The quantitative estimate of drug-likeness (QED) is 0.863. The average molecular weight is 313 g/mol. The number of nitrogens with zero attached hydrogens (tertiary/aromatic N) is 3. The summed E-state index contributed by atoms with van der Waals surface area (Å²) in [7, 11) is 0. The molecule has 0 spiro atoms. The van der Waals surface area contributed by atoms with Gasteiger partial charge in [0.05, 0.1) is 12.7 Å². The van der Waals surface area contributed by atoms with Gasteiger partial charge in [-0.3, -0.25) is 4.90 Å². The average Bonchev–Trinajstić information content (AvgIpc) is 2.89. The van der Waals surface area contributed by atoms with Crippen LogP contribution in [0, 0.1) is 13.8 Å². The molecule has 1 saturated heterocycles. The molecule has 3 rings (SSSR count). The first-order valence-corrected chi connectivity index (χ1v) is 8.57. The van der Waals surface area contributed by atoms with Crippen molar-refractivity contribution in [3.8, 4) is 5.82 Å². The maximum Gasteiger partial charge on any atom is 0.136 e. The van der Waals surface area contributed by atoms with Crippen molar-refractivity contribution < 1.29 is 4.74 Å². The smallest absolute Gasteiger partial charge is 0.136 e. The fourth-order valence-electron chi connectivity index (χ4n) is 3.36. The van der Waals surface area contributed by atoms with E-state index >= 15 is 0 Å². The minimum absolute atomic E-state index is 0.131. The van der Waals surface area contributed by atoms with Crippen molar-refractivity contribution in [3.05, 3.63) is 47.4 Å². The highest BCUT2D eigenvalue weighted by atomic mass is 16.5. The van der Waals surface area contributed by atoms with Crippen molar-refractivity contribution in [2.24, 2.45) is 0 Å². The zero-order valence-electron chi connectivity index (χ0n) is 14.6. The monoisotopic (exact) mass is 313 g/mol. The van der Waals surface area contributed by atoms with E-state index < -0.39 is 0 Å². The van der Waals surface area contributed by atoms with Gasteiger partial charge in [0.25, 0.3) is 0 Å². The summed E-state index contributed by atoms with van der Waals surface area (Å²) in [6, 6.07) is 9.01. The lowest BCUT2D eigenvalue weighted by atomic mass is 10.1. The highest BCUT2D eigenvalue weighted by Gasteiger charge is 2.26. The minimum Gasteiger partial charge on any atom is -0.371 e. The van der Waals surface area contributed by atoms with E-state index in [0.717, 1.165) is 25.5 Å². The molecule has 0 saturated carbocycles. The van der Waals surface area contributed by atoms with Gasteiger partial charge in [0.2, 0.25) is 0 Å². The van der Waals surface area contributed by atoms with Crippen LogP contribution in [0.3, 0.4) is 0 Å². The van der Waals surface area contributed by atoms with E-state index in [9.17, 15) is 0 Å². The fraction of sp³-hybridized carbons (Fsp3) is 0.526. The van der Waals surface area contributed by atoms with Crippen molar-refractivity contribution >= 4 is 0 Å². The van der Waals surface area contributed by atoms with Gasteiger partial charge in [0.15, 0.2) is 0 Å². The molecule has 1 aliphatic heterocycles. The van der Waals surface area contributed by atoms with E-state index in [1.807, 2.05) is 6.20 Å². The summed E-state index contributed by atoms with van der Waals surface area (Å²) in [4.78, 5) is 7.19. The molecular weight excluding hydrogens is 286 g/mol. The highest BCUT2D eigenvalue weighted by molar-refractivity contribution is 5.33. The summed E-state index contributed by atoms with van der Waals surface area (Å²) in [6.45, 7) is 11.6. The maximum atomic E-state index is 6.04. The third-order valence-electron chi connectivity index (χ3n) is 4.72. The second-order valence-electron chi connectivity index (χ2n) is 6.57. The Labute approximate surface area is 139 Å². The van der Waals surface area contributed by atoms with Crippen LogP contribution >= 0.6 is 0 Å². The molecule has 2 atom stereocenters. The standard InChI is InChI=1S/C19H27N3O/c1-5-10-21-12-18(23-13-16(21)4)17-8-9-19(20-11-17)22-14(2)6-7-15(22)3/h6-9,11,16,18H,5,10,12-13H2,1-4H3/t16-,18?/m0/s1. The van der Waals surface area contributed by atoms with Crippen LogP contribution in [0.1, 0.15) is 43.3 Å². The lowest BCUT2D eigenvalue weighted by molar-refractivity contribution is -0.0599. The van der Waals surface area contributed by atoms with Gasteiger partial charge in [-0.05, 0) is 51.9 Å². The minimum atomic E-state index is 0.131. The summed E-state index contributed by atoms with van der Waals surface area (Å²) >= 11 is 0. The van der Waals surface area contributed by atoms with Crippen LogP contribution in [0.4, 0.5) is 0 Å². The number of aromatic nitrogens is 2. The van der Waals surface area contributed by atoms with Crippen LogP contribution in [0.5, 0.6) is 0 Å². The van der Waals surface area contributed by atoms with E-state index in [4.69, 9.17) is 4.74 Å². The van der Waals surface area contributed by atoms with Gasteiger partial charge < -0.3 is 9.30 Å². The molecule has 1 fully saturated rings. The third kappa shape index (κ3) is 3.33. The molecule has 2 aromatic rings. The molecule has 0 amide bonds. The molecule has 124 valence electrons. The number of hydrogen-bond donors (Lipinski definition) is 0. The summed E-state index contributed by atoms with van der Waals surface area (Å²) in [6.07, 6.45) is 3.28. The molecule has 3 heterocycles. The lowest BCUT2D eigenvalue weighted by Crippen LogP contribution is -2.45. The van der Waals surface area contributed by atoms with Crippen LogP contribution in [0.25, 0.3) is 5.82 Å². The Morgan fingerprint density at radius 1 is 1.17 bits per heavy atom. The Morgan fingerprint density at radius 2 is 1.91 bits per heavy atom. The Bertz CT molecular complexity index is 628. The zero-order chi connectivity index (χ0) is 16.4. The predicted molar refractivity (Wildman–Crippen MR) is 93.1 cm³/mol. The molecule has 23 heavy (non-hydrogen) atoms. The van der Waals surface area contributed by atoms with Crippen molar-refractivity contribution in [1.82, 2.24) is 14.5 Å². The molecule has 2 aromatic heterocycles. The number of hydrogen-bond acceptors (Lipinski definition) is 3. The molecular formula is C19H27N3O. The summed E-state index contributed by atoms with van der Waals surface area (Å²) in [5.41, 5.74) is 3.59. The number of morpholine rings is 1. The third-order valence-corrected chi connectivity index (χ3v) is 4.72. The van der Waals surface area contributed by atoms with E-state index in [-0.39, 0.29) is 6.10 Å². The molecule has 4 nitrogen and oxygen atoms in total. The van der Waals surface area contributed by atoms with E-state index in [1.165, 1.54) is 23.4 Å². The van der Waals surface area contributed by atoms with Crippen LogP contribution in [0.2, 0.25) is 0 Å². The van der Waals surface area contributed by atoms with E-state index in [1.54, 1.807) is 0 Å². The van der Waals surface area contributed by atoms with Crippen LogP contribution in [-0.2, 0) is 4.74 Å². The molecule has 0 radical (unpaired) electrons. The van der Waals surface area contributed by atoms with Gasteiger partial charge in [0.1, 0.15) is 5.82 Å². The first-order valence-electron chi connectivity index (χ1n) is 8.57. The van der Waals surface area contributed by atoms with Gasteiger partial charge in [-0.25, -0.2) is 4.98 Å². The zero-order valence-corrected chi connectivity index (χ0v) is 14.6. The molecule has 0 aromatic carbocycles. The molecule has 1 aliphatic rings. The van der Waals surface area contributed by atoms with Gasteiger partial charge in [-0.2, -0.15) is 0 Å². The number of ether oxygens (including phenoxy) is 1. The van der Waals surface area contributed by atoms with Crippen LogP contribution in [-0.4, -0.2) is 40.2 Å². The largest absolute Gasteiger partial charge is 0.371 e. The first kappa shape index (κ1) is 16.2. The van der Waals surface area contributed by atoms with Crippen molar-refractivity contribution in [2.45, 2.75) is 46.3 Å². The van der Waals surface area contributed by atoms with E-state index in [0.29, 0.717) is 6.04 Å². The Morgan fingerprint density at radius 3 is 2.52 bits per heavy atom. The summed E-state index contributed by atoms with van der Waals surface area (Å²) in [5, 5.41) is 0. The van der Waals surface area contributed by atoms with Gasteiger partial charge in [-0.1, -0.05) is 13.0 Å². The van der Waals surface area contributed by atoms with Crippen LogP contribution < -0.4 is 0 Å². The number of aryl methyl sites for hydroxylation is 2. The summed E-state index contributed by atoms with van der Waals surface area (Å²) < 4.78 is 8.22. The van der Waals surface area contributed by atoms with Crippen LogP contribution in [0.15, 0.2) is 30.5 Å². The van der Waals surface area contributed by atoms with Gasteiger partial charge in [0, 0.05) is 35.7 Å². The summed E-state index contributed by atoms with van der Waals surface area (Å²) in [5.74, 6) is 0.975. The maximum absolute atomic E-state index is 6.04. The van der Waals surface area contributed by atoms with Crippen molar-refractivity contribution in [3.63, 3.8) is 0 Å². The topological polar surface area (TPSA) is 30.3 Å². The molecule has 0 N–H and O–H groups in total. The van der Waals surface area contributed by atoms with Gasteiger partial charge in [-0.15, -0.1) is 0 Å². The second kappa shape index (κ2) is 6.85. The lowest BCUT2D eigenvalue weighted by Gasteiger charge is -2.38. The van der Waals surface area contributed by atoms with Crippen molar-refractivity contribution in [1.29, 1.82) is 0 Å². The number of rotatable bonds is 4. The Balaban J connectivity index is 1.77. The molecule has 0 bridgehead atoms. The molecule has 4 heteroatoms. The first-order chi connectivity index (χ1) is 11.1. The Kier molecular flexibility index (Phi) is 4.83. The van der Waals surface area contributed by atoms with Crippen molar-refractivity contribution in [2.75, 3.05) is 19.7 Å². The van der Waals surface area contributed by atoms with Gasteiger partial charge >= 0.3 is 0 Å². The normalized spacial score (nSPS) is 22.4. The SMILES string of the molecule is CCCN1CC(c2ccc(-n3c(C)ccc3C)nc2)OC[C@@H]1C. The number of pyridine rings is 1. The molecule has 1 unspecified atom stereocenters. The fourth-order valence-corrected chi connectivity index (χ4v) is 3.36.